The second-order valence-electron chi connectivity index (χ2n) is 4.35. The fraction of sp³-hybridized carbons (Fsp3) is 0.462. The Kier molecular flexibility index (Phi) is 7.18. The number of nitrogens with one attached hydrogen (secondary N) is 1. The summed E-state index contributed by atoms with van der Waals surface area (Å²) in [4.78, 5) is 11.9. The lowest BCUT2D eigenvalue weighted by Gasteiger charge is -2.09. The highest BCUT2D eigenvalue weighted by molar-refractivity contribution is 14.1. The number of benzene rings is 1. The molecule has 0 fully saturated rings. The van der Waals surface area contributed by atoms with Gasteiger partial charge in [0.15, 0.2) is 0 Å². The van der Waals surface area contributed by atoms with Crippen molar-refractivity contribution in [1.29, 1.82) is 0 Å². The summed E-state index contributed by atoms with van der Waals surface area (Å²) in [6.07, 6.45) is 0. The summed E-state index contributed by atoms with van der Waals surface area (Å²) in [5, 5.41) is 2.85. The van der Waals surface area contributed by atoms with E-state index < -0.39 is 0 Å². The van der Waals surface area contributed by atoms with Crippen LogP contribution in [0.4, 0.5) is 0 Å². The molecule has 5 heteroatoms. The first-order valence-electron chi connectivity index (χ1n) is 5.81. The van der Waals surface area contributed by atoms with Crippen LogP contribution in [0, 0.1) is 9.49 Å². The average Bonchev–Trinajstić information content (AvgIpc) is 2.31. The molecular formula is C13H17BrINO2. The van der Waals surface area contributed by atoms with Crippen molar-refractivity contribution < 1.29 is 9.53 Å². The van der Waals surface area contributed by atoms with Gasteiger partial charge in [-0.15, -0.1) is 0 Å². The van der Waals surface area contributed by atoms with Crippen molar-refractivity contribution >= 4 is 44.4 Å². The zero-order valence-corrected chi connectivity index (χ0v) is 14.2. The molecule has 0 bridgehead atoms. The van der Waals surface area contributed by atoms with Gasteiger partial charge >= 0.3 is 0 Å². The van der Waals surface area contributed by atoms with E-state index in [4.69, 9.17) is 4.74 Å². The summed E-state index contributed by atoms with van der Waals surface area (Å²) in [6.45, 7) is 6.01. The molecule has 1 aromatic carbocycles. The van der Waals surface area contributed by atoms with E-state index in [1.165, 1.54) is 0 Å². The Hall–Kier alpha value is -0.140. The number of amides is 1. The third-order valence-corrected chi connectivity index (χ3v) is 3.59. The molecule has 0 aromatic heterocycles. The van der Waals surface area contributed by atoms with Crippen molar-refractivity contribution in [2.75, 3.05) is 19.8 Å². The fourth-order valence-corrected chi connectivity index (χ4v) is 2.26. The van der Waals surface area contributed by atoms with Gasteiger partial charge in [-0.25, -0.2) is 0 Å². The van der Waals surface area contributed by atoms with E-state index >= 15 is 0 Å². The molecule has 1 N–H and O–H groups in total. The molecule has 3 nitrogen and oxygen atoms in total. The van der Waals surface area contributed by atoms with E-state index in [1.807, 2.05) is 18.2 Å². The van der Waals surface area contributed by atoms with Crippen molar-refractivity contribution in [1.82, 2.24) is 5.32 Å². The molecule has 0 heterocycles. The summed E-state index contributed by atoms with van der Waals surface area (Å²) in [5.41, 5.74) is 0.689. The standard InChI is InChI=1S/C13H17BrINO2/c1-9(2)8-18-6-5-16-13(17)11-7-10(14)3-4-12(11)15/h3-4,7,9H,5-6,8H2,1-2H3,(H,16,17). The number of halogens is 2. The smallest absolute Gasteiger partial charge is 0.252 e. The SMILES string of the molecule is CC(C)COCCNC(=O)c1cc(Br)ccc1I. The minimum atomic E-state index is -0.0613. The van der Waals surface area contributed by atoms with Crippen LogP contribution < -0.4 is 5.32 Å². The Morgan fingerprint density at radius 1 is 1.50 bits per heavy atom. The van der Waals surface area contributed by atoms with Gasteiger partial charge in [0.2, 0.25) is 0 Å². The van der Waals surface area contributed by atoms with Crippen molar-refractivity contribution in [2.24, 2.45) is 5.92 Å². The Labute approximate surface area is 130 Å². The maximum atomic E-state index is 11.9. The molecular weight excluding hydrogens is 409 g/mol. The Morgan fingerprint density at radius 2 is 2.22 bits per heavy atom. The molecule has 0 aliphatic carbocycles. The first kappa shape index (κ1) is 15.9. The normalized spacial score (nSPS) is 10.7. The van der Waals surface area contributed by atoms with Gasteiger partial charge in [0, 0.05) is 21.2 Å². The third-order valence-electron chi connectivity index (χ3n) is 2.16. The average molecular weight is 426 g/mol. The van der Waals surface area contributed by atoms with Gasteiger partial charge in [0.1, 0.15) is 0 Å². The highest BCUT2D eigenvalue weighted by atomic mass is 127. The van der Waals surface area contributed by atoms with Gasteiger partial charge in [-0.05, 0) is 46.7 Å². The molecule has 0 saturated heterocycles. The van der Waals surface area contributed by atoms with Crippen LogP contribution in [0.1, 0.15) is 24.2 Å². The minimum Gasteiger partial charge on any atom is -0.379 e. The van der Waals surface area contributed by atoms with Gasteiger partial charge in [0.25, 0.3) is 5.91 Å². The molecule has 100 valence electrons. The first-order chi connectivity index (χ1) is 8.50. The largest absolute Gasteiger partial charge is 0.379 e. The van der Waals surface area contributed by atoms with E-state index in [9.17, 15) is 4.79 Å². The molecule has 1 aromatic rings. The van der Waals surface area contributed by atoms with E-state index in [0.717, 1.165) is 14.6 Å². The second kappa shape index (κ2) is 8.12. The predicted octanol–water partition coefficient (Wildman–Crippen LogP) is 3.46. The van der Waals surface area contributed by atoms with E-state index in [2.05, 4.69) is 57.7 Å². The molecule has 0 radical (unpaired) electrons. The number of ether oxygens (including phenoxy) is 1. The van der Waals surface area contributed by atoms with E-state index in [-0.39, 0.29) is 5.91 Å². The van der Waals surface area contributed by atoms with E-state index in [0.29, 0.717) is 24.6 Å². The molecule has 0 unspecified atom stereocenters. The minimum absolute atomic E-state index is 0.0613. The molecule has 0 saturated carbocycles. The van der Waals surface area contributed by atoms with Crippen LogP contribution in [0.25, 0.3) is 0 Å². The Bertz CT molecular complexity index is 410. The summed E-state index contributed by atoms with van der Waals surface area (Å²) < 4.78 is 7.26. The topological polar surface area (TPSA) is 38.3 Å². The zero-order valence-electron chi connectivity index (χ0n) is 10.5. The third kappa shape index (κ3) is 5.67. The highest BCUT2D eigenvalue weighted by Gasteiger charge is 2.09. The lowest BCUT2D eigenvalue weighted by Crippen LogP contribution is -2.28. The first-order valence-corrected chi connectivity index (χ1v) is 7.69. The molecule has 18 heavy (non-hydrogen) atoms. The number of carbonyl (C=O) groups excluding carboxylic acids is 1. The van der Waals surface area contributed by atoms with Crippen LogP contribution in [0.3, 0.4) is 0 Å². The molecule has 0 atom stereocenters. The van der Waals surface area contributed by atoms with Crippen LogP contribution in [-0.2, 0) is 4.74 Å². The molecule has 1 rings (SSSR count). The van der Waals surface area contributed by atoms with Gasteiger partial charge in [-0.3, -0.25) is 4.79 Å². The lowest BCUT2D eigenvalue weighted by molar-refractivity contribution is 0.0885. The van der Waals surface area contributed by atoms with Crippen LogP contribution in [0.5, 0.6) is 0 Å². The van der Waals surface area contributed by atoms with Crippen molar-refractivity contribution in [2.45, 2.75) is 13.8 Å². The number of rotatable bonds is 6. The Morgan fingerprint density at radius 3 is 2.89 bits per heavy atom. The monoisotopic (exact) mass is 425 g/mol. The lowest BCUT2D eigenvalue weighted by atomic mass is 10.2. The summed E-state index contributed by atoms with van der Waals surface area (Å²) in [6, 6.07) is 5.66. The van der Waals surface area contributed by atoms with Crippen LogP contribution >= 0.6 is 38.5 Å². The fourth-order valence-electron chi connectivity index (χ4n) is 1.32. The highest BCUT2D eigenvalue weighted by Crippen LogP contribution is 2.18. The van der Waals surface area contributed by atoms with Crippen molar-refractivity contribution in [3.63, 3.8) is 0 Å². The van der Waals surface area contributed by atoms with Gasteiger partial charge in [0.05, 0.1) is 12.2 Å². The molecule has 0 spiro atoms. The van der Waals surface area contributed by atoms with Gasteiger partial charge < -0.3 is 10.1 Å². The Balaban J connectivity index is 2.39. The molecule has 1 amide bonds. The van der Waals surface area contributed by atoms with Gasteiger partial charge in [-0.2, -0.15) is 0 Å². The second-order valence-corrected chi connectivity index (χ2v) is 6.43. The maximum absolute atomic E-state index is 11.9. The maximum Gasteiger partial charge on any atom is 0.252 e. The number of carbonyl (C=O) groups is 1. The number of hydrogen-bond donors (Lipinski definition) is 1. The van der Waals surface area contributed by atoms with Crippen molar-refractivity contribution in [3.8, 4) is 0 Å². The summed E-state index contributed by atoms with van der Waals surface area (Å²) >= 11 is 5.52. The summed E-state index contributed by atoms with van der Waals surface area (Å²) in [5.74, 6) is 0.459. The van der Waals surface area contributed by atoms with Crippen LogP contribution in [-0.4, -0.2) is 25.7 Å². The van der Waals surface area contributed by atoms with Gasteiger partial charge in [-0.1, -0.05) is 29.8 Å². The van der Waals surface area contributed by atoms with Crippen LogP contribution in [0.15, 0.2) is 22.7 Å². The van der Waals surface area contributed by atoms with Crippen LogP contribution in [0.2, 0.25) is 0 Å². The van der Waals surface area contributed by atoms with E-state index in [1.54, 1.807) is 0 Å². The number of hydrogen-bond acceptors (Lipinski definition) is 2. The quantitative estimate of drug-likeness (QED) is 0.559. The van der Waals surface area contributed by atoms with Crippen molar-refractivity contribution in [3.05, 3.63) is 31.8 Å². The molecule has 0 aliphatic heterocycles. The predicted molar refractivity (Wildman–Crippen MR) is 84.8 cm³/mol. The zero-order chi connectivity index (χ0) is 13.5. The summed E-state index contributed by atoms with van der Waals surface area (Å²) in [7, 11) is 0. The molecule has 0 aliphatic rings.